The number of benzene rings is 2. The van der Waals surface area contributed by atoms with Gasteiger partial charge < -0.3 is 19.5 Å². The van der Waals surface area contributed by atoms with Crippen LogP contribution >= 0.6 is 0 Å². The van der Waals surface area contributed by atoms with Crippen LogP contribution < -0.4 is 19.5 Å². The van der Waals surface area contributed by atoms with E-state index in [4.69, 9.17) is 14.2 Å². The van der Waals surface area contributed by atoms with Crippen molar-refractivity contribution in [1.82, 2.24) is 5.32 Å². The Labute approximate surface area is 147 Å². The lowest BCUT2D eigenvalue weighted by atomic mass is 10.1. The van der Waals surface area contributed by atoms with E-state index >= 15 is 0 Å². The van der Waals surface area contributed by atoms with E-state index in [-0.39, 0.29) is 18.4 Å². The van der Waals surface area contributed by atoms with Crippen molar-refractivity contribution < 1.29 is 19.0 Å². The Bertz CT molecular complexity index is 747. The highest BCUT2D eigenvalue weighted by molar-refractivity contribution is 5.79. The van der Waals surface area contributed by atoms with Crippen molar-refractivity contribution in [2.75, 3.05) is 21.3 Å². The maximum Gasteiger partial charge on any atom is 0.224 e. The lowest BCUT2D eigenvalue weighted by Crippen LogP contribution is -2.28. The molecule has 1 aliphatic rings. The number of methoxy groups -OCH3 is 3. The average molecular weight is 341 g/mol. The van der Waals surface area contributed by atoms with Crippen LogP contribution in [0.3, 0.4) is 0 Å². The number of hydrogen-bond donors (Lipinski definition) is 1. The van der Waals surface area contributed by atoms with Gasteiger partial charge in [0.05, 0.1) is 33.8 Å². The fourth-order valence-electron chi connectivity index (χ4n) is 3.38. The summed E-state index contributed by atoms with van der Waals surface area (Å²) < 4.78 is 16.0. The summed E-state index contributed by atoms with van der Waals surface area (Å²) >= 11 is 0. The van der Waals surface area contributed by atoms with Crippen molar-refractivity contribution in [3.05, 3.63) is 53.1 Å². The number of nitrogens with one attached hydrogen (secondary N) is 1. The molecule has 1 atom stereocenters. The third kappa shape index (κ3) is 3.55. The van der Waals surface area contributed by atoms with Crippen molar-refractivity contribution in [2.45, 2.75) is 25.3 Å². The van der Waals surface area contributed by atoms with Gasteiger partial charge in [0.15, 0.2) is 11.5 Å². The zero-order chi connectivity index (χ0) is 17.8. The molecule has 0 bridgehead atoms. The van der Waals surface area contributed by atoms with E-state index in [9.17, 15) is 4.79 Å². The first-order chi connectivity index (χ1) is 12.2. The summed E-state index contributed by atoms with van der Waals surface area (Å²) in [6.07, 6.45) is 2.21. The largest absolute Gasteiger partial charge is 0.493 e. The van der Waals surface area contributed by atoms with E-state index in [1.807, 2.05) is 24.3 Å². The summed E-state index contributed by atoms with van der Waals surface area (Å²) in [5, 5.41) is 3.14. The molecule has 1 N–H and O–H groups in total. The molecular weight excluding hydrogens is 318 g/mol. The monoisotopic (exact) mass is 341 g/mol. The van der Waals surface area contributed by atoms with Crippen LogP contribution in [0.4, 0.5) is 0 Å². The van der Waals surface area contributed by atoms with Gasteiger partial charge in [0, 0.05) is 0 Å². The van der Waals surface area contributed by atoms with E-state index in [0.717, 1.165) is 18.4 Å². The lowest BCUT2D eigenvalue weighted by Gasteiger charge is -2.16. The first-order valence-corrected chi connectivity index (χ1v) is 8.32. The number of amides is 1. The van der Waals surface area contributed by atoms with Crippen molar-refractivity contribution in [1.29, 1.82) is 0 Å². The second-order valence-electron chi connectivity index (χ2n) is 6.07. The number of aryl methyl sites for hydroxylation is 1. The minimum absolute atomic E-state index is 0.0176. The molecule has 0 fully saturated rings. The van der Waals surface area contributed by atoms with Crippen LogP contribution in [-0.4, -0.2) is 27.2 Å². The third-order valence-corrected chi connectivity index (χ3v) is 4.56. The topological polar surface area (TPSA) is 56.8 Å². The van der Waals surface area contributed by atoms with Crippen molar-refractivity contribution in [3.8, 4) is 17.2 Å². The molecule has 0 aliphatic heterocycles. The van der Waals surface area contributed by atoms with Crippen LogP contribution in [0.15, 0.2) is 36.4 Å². The summed E-state index contributed by atoms with van der Waals surface area (Å²) in [6.45, 7) is 0. The first-order valence-electron chi connectivity index (χ1n) is 8.32. The highest BCUT2D eigenvalue weighted by atomic mass is 16.5. The van der Waals surface area contributed by atoms with Gasteiger partial charge in [-0.3, -0.25) is 4.79 Å². The molecule has 25 heavy (non-hydrogen) atoms. The zero-order valence-electron chi connectivity index (χ0n) is 14.8. The van der Waals surface area contributed by atoms with Gasteiger partial charge in [0.1, 0.15) is 0 Å². The number of hydrogen-bond acceptors (Lipinski definition) is 4. The second kappa shape index (κ2) is 7.47. The van der Waals surface area contributed by atoms with E-state index in [1.54, 1.807) is 21.3 Å². The summed E-state index contributed by atoms with van der Waals surface area (Å²) in [6, 6.07) is 12.0. The molecule has 1 aliphatic carbocycles. The van der Waals surface area contributed by atoms with E-state index in [0.29, 0.717) is 17.2 Å². The Morgan fingerprint density at radius 2 is 1.76 bits per heavy atom. The van der Waals surface area contributed by atoms with Gasteiger partial charge in [-0.15, -0.1) is 0 Å². The maximum atomic E-state index is 12.5. The second-order valence-corrected chi connectivity index (χ2v) is 6.07. The Hall–Kier alpha value is -2.69. The van der Waals surface area contributed by atoms with E-state index < -0.39 is 0 Å². The molecule has 0 aromatic heterocycles. The van der Waals surface area contributed by atoms with Gasteiger partial charge in [0.2, 0.25) is 11.7 Å². The molecule has 5 heteroatoms. The van der Waals surface area contributed by atoms with Gasteiger partial charge in [-0.25, -0.2) is 0 Å². The van der Waals surface area contributed by atoms with Crippen LogP contribution in [0.1, 0.15) is 29.2 Å². The number of carbonyl (C=O) groups is 1. The van der Waals surface area contributed by atoms with Gasteiger partial charge in [-0.2, -0.15) is 0 Å². The number of carbonyl (C=O) groups excluding carboxylic acids is 1. The number of fused-ring (bicyclic) bond motifs is 1. The summed E-state index contributed by atoms with van der Waals surface area (Å²) in [7, 11) is 4.69. The van der Waals surface area contributed by atoms with Gasteiger partial charge in [0.25, 0.3) is 0 Å². The zero-order valence-corrected chi connectivity index (χ0v) is 14.8. The van der Waals surface area contributed by atoms with Crippen molar-refractivity contribution in [3.63, 3.8) is 0 Å². The molecule has 0 spiro atoms. The SMILES string of the molecule is COc1cc(CC(=O)NC2CCc3ccccc32)cc(OC)c1OC. The summed E-state index contributed by atoms with van der Waals surface area (Å²) in [5.74, 6) is 1.61. The van der Waals surface area contributed by atoms with Gasteiger partial charge in [-0.1, -0.05) is 24.3 Å². The molecule has 5 nitrogen and oxygen atoms in total. The quantitative estimate of drug-likeness (QED) is 0.877. The lowest BCUT2D eigenvalue weighted by molar-refractivity contribution is -0.121. The highest BCUT2D eigenvalue weighted by Gasteiger charge is 2.23. The fourth-order valence-corrected chi connectivity index (χ4v) is 3.38. The minimum atomic E-state index is -0.0176. The predicted octanol–water partition coefficient (Wildman–Crippen LogP) is 3.06. The maximum absolute atomic E-state index is 12.5. The Morgan fingerprint density at radius 3 is 2.40 bits per heavy atom. The molecule has 3 rings (SSSR count). The van der Waals surface area contributed by atoms with Crippen LogP contribution in [0.2, 0.25) is 0 Å². The minimum Gasteiger partial charge on any atom is -0.493 e. The average Bonchev–Trinajstić information content (AvgIpc) is 3.03. The van der Waals surface area contributed by atoms with Crippen LogP contribution in [0.25, 0.3) is 0 Å². The van der Waals surface area contributed by atoms with Crippen LogP contribution in [0, 0.1) is 0 Å². The Morgan fingerprint density at radius 1 is 1.08 bits per heavy atom. The summed E-state index contributed by atoms with van der Waals surface area (Å²) in [4.78, 5) is 12.5. The normalized spacial score (nSPS) is 15.4. The first kappa shape index (κ1) is 17.1. The molecular formula is C20H23NO4. The molecule has 2 aromatic carbocycles. The molecule has 0 saturated heterocycles. The smallest absolute Gasteiger partial charge is 0.224 e. The molecule has 1 amide bonds. The predicted molar refractivity (Wildman–Crippen MR) is 95.4 cm³/mol. The molecule has 0 saturated carbocycles. The van der Waals surface area contributed by atoms with Crippen molar-refractivity contribution >= 4 is 5.91 Å². The number of rotatable bonds is 6. The molecule has 2 aromatic rings. The van der Waals surface area contributed by atoms with Gasteiger partial charge in [-0.05, 0) is 41.7 Å². The van der Waals surface area contributed by atoms with Crippen molar-refractivity contribution in [2.24, 2.45) is 0 Å². The van der Waals surface area contributed by atoms with E-state index in [1.165, 1.54) is 11.1 Å². The Balaban J connectivity index is 1.73. The van der Waals surface area contributed by atoms with Crippen LogP contribution in [0.5, 0.6) is 17.2 Å². The fraction of sp³-hybridized carbons (Fsp3) is 0.350. The molecule has 1 unspecified atom stereocenters. The standard InChI is InChI=1S/C20H23NO4/c1-23-17-10-13(11-18(24-2)20(17)25-3)12-19(22)21-16-9-8-14-6-4-5-7-15(14)16/h4-7,10-11,16H,8-9,12H2,1-3H3,(H,21,22). The molecule has 0 heterocycles. The summed E-state index contributed by atoms with van der Waals surface area (Å²) in [5.41, 5.74) is 3.36. The third-order valence-electron chi connectivity index (χ3n) is 4.56. The highest BCUT2D eigenvalue weighted by Crippen LogP contribution is 2.38. The van der Waals surface area contributed by atoms with Gasteiger partial charge >= 0.3 is 0 Å². The molecule has 132 valence electrons. The number of ether oxygens (including phenoxy) is 3. The molecule has 0 radical (unpaired) electrons. The van der Waals surface area contributed by atoms with E-state index in [2.05, 4.69) is 17.4 Å². The van der Waals surface area contributed by atoms with Crippen LogP contribution in [-0.2, 0) is 17.6 Å². The Kier molecular flexibility index (Phi) is 5.12.